The number of benzene rings is 2. The Balaban J connectivity index is 0.000000171. The van der Waals surface area contributed by atoms with E-state index in [1.165, 1.54) is 86.5 Å². The molecule has 164 valence electrons. The van der Waals surface area contributed by atoms with Gasteiger partial charge in [-0.3, -0.25) is 0 Å². The summed E-state index contributed by atoms with van der Waals surface area (Å²) in [6.07, 6.45) is 15.7. The average Bonchev–Trinajstić information content (AvgIpc) is 2.80. The molecular formula is C28H40O2. The number of rotatable bonds is 4. The van der Waals surface area contributed by atoms with Gasteiger partial charge in [-0.25, -0.2) is 0 Å². The van der Waals surface area contributed by atoms with Gasteiger partial charge in [0.15, 0.2) is 0 Å². The van der Waals surface area contributed by atoms with Crippen molar-refractivity contribution in [2.24, 2.45) is 0 Å². The molecule has 0 spiro atoms. The molecule has 0 aromatic heterocycles. The first-order valence-corrected chi connectivity index (χ1v) is 12.3. The molecule has 0 aliphatic heterocycles. The van der Waals surface area contributed by atoms with E-state index in [4.69, 9.17) is 0 Å². The van der Waals surface area contributed by atoms with E-state index in [1.54, 1.807) is 0 Å². The minimum atomic E-state index is 0.409. The maximum Gasteiger partial charge on any atom is 0.115 e. The van der Waals surface area contributed by atoms with Crippen molar-refractivity contribution in [3.05, 3.63) is 58.7 Å². The van der Waals surface area contributed by atoms with Crippen molar-refractivity contribution in [2.45, 2.75) is 103 Å². The van der Waals surface area contributed by atoms with Gasteiger partial charge in [-0.2, -0.15) is 0 Å². The van der Waals surface area contributed by atoms with E-state index < -0.39 is 0 Å². The number of phenols is 2. The van der Waals surface area contributed by atoms with Crippen LogP contribution in [0.2, 0.25) is 0 Å². The largest absolute Gasteiger partial charge is 0.508 e. The zero-order chi connectivity index (χ0) is 21.3. The number of aryl methyl sites for hydroxylation is 2. The standard InChI is InChI=1S/2C14H20O/c2*1-2-11-10-13(15)8-9-14(11)12-6-4-3-5-7-12/h2*8-10,12,15H,2-7H2,1H3. The molecule has 2 fully saturated rings. The van der Waals surface area contributed by atoms with Crippen molar-refractivity contribution in [3.8, 4) is 11.5 Å². The lowest BCUT2D eigenvalue weighted by Gasteiger charge is -2.24. The summed E-state index contributed by atoms with van der Waals surface area (Å²) in [4.78, 5) is 0. The molecule has 2 heteroatoms. The zero-order valence-electron chi connectivity index (χ0n) is 19.0. The van der Waals surface area contributed by atoms with Gasteiger partial charge in [-0.1, -0.05) is 64.5 Å². The third-order valence-corrected chi connectivity index (χ3v) is 7.10. The van der Waals surface area contributed by atoms with E-state index in [0.717, 1.165) is 24.7 Å². The number of aromatic hydroxyl groups is 2. The van der Waals surface area contributed by atoms with Crippen molar-refractivity contribution in [2.75, 3.05) is 0 Å². The lowest BCUT2D eigenvalue weighted by atomic mass is 9.81. The smallest absolute Gasteiger partial charge is 0.115 e. The topological polar surface area (TPSA) is 40.5 Å². The van der Waals surface area contributed by atoms with Gasteiger partial charge >= 0.3 is 0 Å². The normalized spacial score (nSPS) is 17.9. The second-order valence-electron chi connectivity index (χ2n) is 9.14. The molecule has 0 atom stereocenters. The van der Waals surface area contributed by atoms with Crippen LogP contribution in [0.4, 0.5) is 0 Å². The molecule has 0 unspecified atom stereocenters. The van der Waals surface area contributed by atoms with Crippen LogP contribution in [0.5, 0.6) is 11.5 Å². The maximum absolute atomic E-state index is 9.47. The highest BCUT2D eigenvalue weighted by Gasteiger charge is 2.18. The molecule has 0 radical (unpaired) electrons. The summed E-state index contributed by atoms with van der Waals surface area (Å²) in [5, 5.41) is 18.9. The lowest BCUT2D eigenvalue weighted by molar-refractivity contribution is 0.439. The van der Waals surface area contributed by atoms with Gasteiger partial charge in [0.1, 0.15) is 11.5 Å². The summed E-state index contributed by atoms with van der Waals surface area (Å²) < 4.78 is 0. The van der Waals surface area contributed by atoms with Crippen LogP contribution in [-0.4, -0.2) is 10.2 Å². The molecule has 2 saturated carbocycles. The second kappa shape index (κ2) is 11.4. The first-order chi connectivity index (χ1) is 14.6. The van der Waals surface area contributed by atoms with Crippen LogP contribution >= 0.6 is 0 Å². The van der Waals surface area contributed by atoms with E-state index in [1.807, 2.05) is 24.3 Å². The average molecular weight is 409 g/mol. The minimum Gasteiger partial charge on any atom is -0.508 e. The molecule has 2 aliphatic rings. The van der Waals surface area contributed by atoms with Crippen LogP contribution in [0.3, 0.4) is 0 Å². The van der Waals surface area contributed by atoms with Gasteiger partial charge in [0, 0.05) is 0 Å². The highest BCUT2D eigenvalue weighted by Crippen LogP contribution is 2.36. The van der Waals surface area contributed by atoms with Crippen molar-refractivity contribution >= 4 is 0 Å². The Bertz CT molecular complexity index is 716. The summed E-state index contributed by atoms with van der Waals surface area (Å²) in [7, 11) is 0. The Morgan fingerprint density at radius 2 is 0.967 bits per heavy atom. The van der Waals surface area contributed by atoms with E-state index in [0.29, 0.717) is 11.5 Å². The first-order valence-electron chi connectivity index (χ1n) is 12.3. The SMILES string of the molecule is CCc1cc(O)ccc1C1CCCCC1.CCc1cc(O)ccc1C1CCCCC1. The highest BCUT2D eigenvalue weighted by atomic mass is 16.3. The predicted octanol–water partition coefficient (Wildman–Crippen LogP) is 8.00. The molecule has 0 amide bonds. The van der Waals surface area contributed by atoms with Gasteiger partial charge in [0.25, 0.3) is 0 Å². The summed E-state index contributed by atoms with van der Waals surface area (Å²) in [6, 6.07) is 11.8. The molecule has 30 heavy (non-hydrogen) atoms. The Morgan fingerprint density at radius 3 is 1.30 bits per heavy atom. The van der Waals surface area contributed by atoms with E-state index in [2.05, 4.69) is 26.0 Å². The Hall–Kier alpha value is -1.96. The van der Waals surface area contributed by atoms with Crippen molar-refractivity contribution in [1.82, 2.24) is 0 Å². The monoisotopic (exact) mass is 408 g/mol. The van der Waals surface area contributed by atoms with Crippen LogP contribution in [0.15, 0.2) is 36.4 Å². The summed E-state index contributed by atoms with van der Waals surface area (Å²) in [5.41, 5.74) is 5.63. The molecule has 2 aliphatic carbocycles. The molecule has 2 N–H and O–H groups in total. The van der Waals surface area contributed by atoms with Gasteiger partial charge in [-0.15, -0.1) is 0 Å². The highest BCUT2D eigenvalue weighted by molar-refractivity contribution is 5.38. The fourth-order valence-electron chi connectivity index (χ4n) is 5.42. The van der Waals surface area contributed by atoms with Gasteiger partial charge in [-0.05, 0) is 96.9 Å². The predicted molar refractivity (Wildman–Crippen MR) is 127 cm³/mol. The minimum absolute atomic E-state index is 0.409. The van der Waals surface area contributed by atoms with Gasteiger partial charge in [0.05, 0.1) is 0 Å². The van der Waals surface area contributed by atoms with Crippen LogP contribution in [0, 0.1) is 0 Å². The Morgan fingerprint density at radius 1 is 0.600 bits per heavy atom. The lowest BCUT2D eigenvalue weighted by Crippen LogP contribution is -2.06. The number of phenolic OH excluding ortho intramolecular Hbond substituents is 2. The molecule has 0 bridgehead atoms. The van der Waals surface area contributed by atoms with Crippen LogP contribution in [0.25, 0.3) is 0 Å². The van der Waals surface area contributed by atoms with Crippen LogP contribution < -0.4 is 0 Å². The van der Waals surface area contributed by atoms with Crippen molar-refractivity contribution < 1.29 is 10.2 Å². The molecular weight excluding hydrogens is 368 g/mol. The molecule has 2 nitrogen and oxygen atoms in total. The van der Waals surface area contributed by atoms with E-state index >= 15 is 0 Å². The third kappa shape index (κ3) is 6.03. The van der Waals surface area contributed by atoms with E-state index in [9.17, 15) is 10.2 Å². The fraction of sp³-hybridized carbons (Fsp3) is 0.571. The molecule has 0 saturated heterocycles. The summed E-state index contributed by atoms with van der Waals surface area (Å²) >= 11 is 0. The maximum atomic E-state index is 9.47. The van der Waals surface area contributed by atoms with E-state index in [-0.39, 0.29) is 0 Å². The fourth-order valence-corrected chi connectivity index (χ4v) is 5.42. The molecule has 0 heterocycles. The third-order valence-electron chi connectivity index (χ3n) is 7.10. The summed E-state index contributed by atoms with van der Waals surface area (Å²) in [5.74, 6) is 2.31. The Kier molecular flexibility index (Phi) is 8.66. The number of hydrogen-bond donors (Lipinski definition) is 2. The van der Waals surface area contributed by atoms with Gasteiger partial charge < -0.3 is 10.2 Å². The van der Waals surface area contributed by atoms with Crippen molar-refractivity contribution in [3.63, 3.8) is 0 Å². The molecule has 2 aromatic rings. The summed E-state index contributed by atoms with van der Waals surface area (Å²) in [6.45, 7) is 4.34. The zero-order valence-corrected chi connectivity index (χ0v) is 19.0. The first kappa shape index (κ1) is 22.7. The molecule has 2 aromatic carbocycles. The molecule has 4 rings (SSSR count). The van der Waals surface area contributed by atoms with Crippen LogP contribution in [-0.2, 0) is 12.8 Å². The second-order valence-corrected chi connectivity index (χ2v) is 9.14. The van der Waals surface area contributed by atoms with Crippen molar-refractivity contribution in [1.29, 1.82) is 0 Å². The Labute approximate surface area is 183 Å². The van der Waals surface area contributed by atoms with Crippen LogP contribution in [0.1, 0.15) is 112 Å². The number of hydrogen-bond acceptors (Lipinski definition) is 2. The van der Waals surface area contributed by atoms with Gasteiger partial charge in [0.2, 0.25) is 0 Å². The quantitative estimate of drug-likeness (QED) is 0.538.